The fourth-order valence-electron chi connectivity index (χ4n) is 1.42. The zero-order valence-corrected chi connectivity index (χ0v) is 8.15. The predicted octanol–water partition coefficient (Wildman–Crippen LogP) is 1.66. The largest absolute Gasteiger partial charge is 0.492 e. The fourth-order valence-corrected chi connectivity index (χ4v) is 1.42. The highest BCUT2D eigenvalue weighted by Gasteiger charge is 2.10. The quantitative estimate of drug-likeness (QED) is 0.800. The third-order valence-electron chi connectivity index (χ3n) is 2.06. The minimum absolute atomic E-state index is 0.201. The van der Waals surface area contributed by atoms with Gasteiger partial charge >= 0.3 is 5.97 Å². The van der Waals surface area contributed by atoms with Gasteiger partial charge in [0.05, 0.1) is 18.4 Å². The van der Waals surface area contributed by atoms with Crippen LogP contribution in [0.4, 0.5) is 0 Å². The molecule has 0 aliphatic carbocycles. The maximum atomic E-state index is 10.8. The summed E-state index contributed by atoms with van der Waals surface area (Å²) >= 11 is 0. The normalized spacial score (nSPS) is 10.5. The van der Waals surface area contributed by atoms with Crippen molar-refractivity contribution in [2.75, 3.05) is 6.61 Å². The van der Waals surface area contributed by atoms with Crippen LogP contribution in [0.1, 0.15) is 17.3 Å². The van der Waals surface area contributed by atoms with E-state index in [0.717, 1.165) is 10.9 Å². The Kier molecular flexibility index (Phi) is 2.29. The molecule has 0 radical (unpaired) electrons. The van der Waals surface area contributed by atoms with Gasteiger partial charge in [0, 0.05) is 5.39 Å². The van der Waals surface area contributed by atoms with Gasteiger partial charge in [-0.05, 0) is 19.1 Å². The zero-order valence-electron chi connectivity index (χ0n) is 8.15. The SMILES string of the molecule is CCOc1cc(C(=O)O)cc2cn[nH]c12. The molecule has 0 fully saturated rings. The van der Waals surface area contributed by atoms with Crippen LogP contribution in [-0.2, 0) is 0 Å². The molecule has 0 saturated heterocycles. The molecule has 1 heterocycles. The highest BCUT2D eigenvalue weighted by atomic mass is 16.5. The van der Waals surface area contributed by atoms with E-state index in [0.29, 0.717) is 12.4 Å². The van der Waals surface area contributed by atoms with Crippen LogP contribution in [0.15, 0.2) is 18.3 Å². The van der Waals surface area contributed by atoms with Crippen molar-refractivity contribution in [1.29, 1.82) is 0 Å². The minimum Gasteiger partial charge on any atom is -0.492 e. The molecule has 0 bridgehead atoms. The standard InChI is InChI=1S/C10H10N2O3/c1-2-15-8-4-6(10(13)14)3-7-5-11-12-9(7)8/h3-5H,2H2,1H3,(H,11,12)(H,13,14). The molecule has 78 valence electrons. The Morgan fingerprint density at radius 2 is 2.40 bits per heavy atom. The molecule has 1 aromatic heterocycles. The Morgan fingerprint density at radius 1 is 1.60 bits per heavy atom. The van der Waals surface area contributed by atoms with Crippen LogP contribution in [-0.4, -0.2) is 27.9 Å². The molecule has 15 heavy (non-hydrogen) atoms. The minimum atomic E-state index is -0.973. The van der Waals surface area contributed by atoms with Gasteiger partial charge in [0.25, 0.3) is 0 Å². The van der Waals surface area contributed by atoms with Crippen LogP contribution in [0.3, 0.4) is 0 Å². The lowest BCUT2D eigenvalue weighted by atomic mass is 10.1. The van der Waals surface area contributed by atoms with Crippen molar-refractivity contribution in [3.05, 3.63) is 23.9 Å². The number of fused-ring (bicyclic) bond motifs is 1. The Morgan fingerprint density at radius 3 is 3.07 bits per heavy atom. The number of rotatable bonds is 3. The third kappa shape index (κ3) is 1.63. The van der Waals surface area contributed by atoms with Crippen LogP contribution >= 0.6 is 0 Å². The number of carboxylic acid groups (broad SMARTS) is 1. The number of aromatic nitrogens is 2. The lowest BCUT2D eigenvalue weighted by Gasteiger charge is -2.05. The topological polar surface area (TPSA) is 75.2 Å². The highest BCUT2D eigenvalue weighted by molar-refractivity contribution is 5.95. The average molecular weight is 206 g/mol. The van der Waals surface area contributed by atoms with Crippen molar-refractivity contribution >= 4 is 16.9 Å². The first-order valence-electron chi connectivity index (χ1n) is 4.55. The molecule has 0 atom stereocenters. The Labute approximate surface area is 85.7 Å². The van der Waals surface area contributed by atoms with E-state index in [2.05, 4.69) is 10.2 Å². The van der Waals surface area contributed by atoms with E-state index in [9.17, 15) is 4.79 Å². The van der Waals surface area contributed by atoms with Crippen molar-refractivity contribution in [1.82, 2.24) is 10.2 Å². The molecule has 0 unspecified atom stereocenters. The second kappa shape index (κ2) is 3.61. The summed E-state index contributed by atoms with van der Waals surface area (Å²) in [5, 5.41) is 16.2. The van der Waals surface area contributed by atoms with Gasteiger partial charge < -0.3 is 9.84 Å². The summed E-state index contributed by atoms with van der Waals surface area (Å²) in [7, 11) is 0. The van der Waals surface area contributed by atoms with Crippen LogP contribution in [0.5, 0.6) is 5.75 Å². The molecular weight excluding hydrogens is 196 g/mol. The van der Waals surface area contributed by atoms with E-state index < -0.39 is 5.97 Å². The first-order valence-corrected chi connectivity index (χ1v) is 4.55. The molecule has 0 amide bonds. The number of aromatic amines is 1. The summed E-state index contributed by atoms with van der Waals surface area (Å²) in [6.45, 7) is 2.33. The molecule has 5 nitrogen and oxygen atoms in total. The van der Waals surface area contributed by atoms with Gasteiger partial charge in [-0.15, -0.1) is 0 Å². The van der Waals surface area contributed by atoms with Crippen LogP contribution in [0.2, 0.25) is 0 Å². The number of H-pyrrole nitrogens is 1. The number of hydrogen-bond acceptors (Lipinski definition) is 3. The van der Waals surface area contributed by atoms with E-state index in [1.54, 1.807) is 12.3 Å². The van der Waals surface area contributed by atoms with E-state index >= 15 is 0 Å². The lowest BCUT2D eigenvalue weighted by molar-refractivity contribution is 0.0696. The fraction of sp³-hybridized carbons (Fsp3) is 0.200. The molecule has 0 aliphatic heterocycles. The van der Waals surface area contributed by atoms with Gasteiger partial charge in [-0.1, -0.05) is 0 Å². The molecule has 1 aromatic carbocycles. The number of ether oxygens (including phenoxy) is 1. The summed E-state index contributed by atoms with van der Waals surface area (Å²) in [6, 6.07) is 3.05. The summed E-state index contributed by atoms with van der Waals surface area (Å²) in [5.41, 5.74) is 0.925. The van der Waals surface area contributed by atoms with Crippen molar-refractivity contribution < 1.29 is 14.6 Å². The summed E-state index contributed by atoms with van der Waals surface area (Å²) < 4.78 is 5.33. The van der Waals surface area contributed by atoms with E-state index in [4.69, 9.17) is 9.84 Å². The number of carboxylic acids is 1. The van der Waals surface area contributed by atoms with E-state index in [1.807, 2.05) is 6.92 Å². The number of hydrogen-bond donors (Lipinski definition) is 2. The number of benzene rings is 1. The highest BCUT2D eigenvalue weighted by Crippen LogP contribution is 2.25. The monoisotopic (exact) mass is 206 g/mol. The van der Waals surface area contributed by atoms with Gasteiger partial charge in [-0.25, -0.2) is 4.79 Å². The van der Waals surface area contributed by atoms with Crippen molar-refractivity contribution in [3.8, 4) is 5.75 Å². The number of nitrogens with zero attached hydrogens (tertiary/aromatic N) is 1. The van der Waals surface area contributed by atoms with Gasteiger partial charge in [-0.2, -0.15) is 5.10 Å². The lowest BCUT2D eigenvalue weighted by Crippen LogP contribution is -1.99. The second-order valence-electron chi connectivity index (χ2n) is 3.05. The van der Waals surface area contributed by atoms with Crippen LogP contribution < -0.4 is 4.74 Å². The summed E-state index contributed by atoms with van der Waals surface area (Å²) in [4.78, 5) is 10.8. The molecular formula is C10H10N2O3. The molecule has 0 saturated carbocycles. The molecule has 0 spiro atoms. The smallest absolute Gasteiger partial charge is 0.335 e. The predicted molar refractivity (Wildman–Crippen MR) is 54.2 cm³/mol. The van der Waals surface area contributed by atoms with Gasteiger partial charge in [-0.3, -0.25) is 5.10 Å². The maximum absolute atomic E-state index is 10.8. The zero-order chi connectivity index (χ0) is 10.8. The first kappa shape index (κ1) is 9.51. The third-order valence-corrected chi connectivity index (χ3v) is 2.06. The van der Waals surface area contributed by atoms with Crippen molar-refractivity contribution in [2.24, 2.45) is 0 Å². The van der Waals surface area contributed by atoms with Crippen molar-refractivity contribution in [2.45, 2.75) is 6.92 Å². The second-order valence-corrected chi connectivity index (χ2v) is 3.05. The van der Waals surface area contributed by atoms with Gasteiger partial charge in [0.15, 0.2) is 0 Å². The van der Waals surface area contributed by atoms with Crippen LogP contribution in [0, 0.1) is 0 Å². The summed E-state index contributed by atoms with van der Waals surface area (Å²) in [5.74, 6) is -0.455. The molecule has 0 aliphatic rings. The Balaban J connectivity index is 2.63. The Hall–Kier alpha value is -2.04. The molecule has 5 heteroatoms. The molecule has 2 rings (SSSR count). The molecule has 2 aromatic rings. The Bertz CT molecular complexity index is 504. The summed E-state index contributed by atoms with van der Waals surface area (Å²) in [6.07, 6.45) is 1.57. The van der Waals surface area contributed by atoms with Gasteiger partial charge in [0.2, 0.25) is 0 Å². The number of nitrogens with one attached hydrogen (secondary N) is 1. The van der Waals surface area contributed by atoms with Crippen LogP contribution in [0.25, 0.3) is 10.9 Å². The maximum Gasteiger partial charge on any atom is 0.335 e. The first-order chi connectivity index (χ1) is 7.22. The van der Waals surface area contributed by atoms with Gasteiger partial charge in [0.1, 0.15) is 11.3 Å². The number of carbonyl (C=O) groups is 1. The number of aromatic carboxylic acids is 1. The van der Waals surface area contributed by atoms with Crippen molar-refractivity contribution in [3.63, 3.8) is 0 Å². The molecule has 2 N–H and O–H groups in total. The van der Waals surface area contributed by atoms with E-state index in [1.165, 1.54) is 6.07 Å². The average Bonchev–Trinajstić information content (AvgIpc) is 2.65. The van der Waals surface area contributed by atoms with E-state index in [-0.39, 0.29) is 5.56 Å².